The molecule has 0 aliphatic carbocycles. The summed E-state index contributed by atoms with van der Waals surface area (Å²) < 4.78 is 10.1. The quantitative estimate of drug-likeness (QED) is 0.649. The second kappa shape index (κ2) is 9.78. The summed E-state index contributed by atoms with van der Waals surface area (Å²) in [5.41, 5.74) is 1.35. The average molecular weight is 266 g/mol. The molecular formula is C15H26N2O2. The van der Waals surface area contributed by atoms with E-state index in [0.29, 0.717) is 0 Å². The van der Waals surface area contributed by atoms with E-state index in [-0.39, 0.29) is 0 Å². The molecule has 1 N–H and O–H groups in total. The largest absolute Gasteiger partial charge is 0.497 e. The number of hydrogen-bond acceptors (Lipinski definition) is 4. The third-order valence-corrected chi connectivity index (χ3v) is 3.09. The maximum Gasteiger partial charge on any atom is 0.118 e. The van der Waals surface area contributed by atoms with Crippen molar-refractivity contribution in [1.82, 2.24) is 10.2 Å². The minimum atomic E-state index is 0.773. The number of ether oxygens (including phenoxy) is 2. The topological polar surface area (TPSA) is 33.7 Å². The molecule has 4 nitrogen and oxygen atoms in total. The van der Waals surface area contributed by atoms with Crippen LogP contribution in [-0.2, 0) is 11.2 Å². The molecule has 0 aliphatic heterocycles. The number of hydrogen-bond donors (Lipinski definition) is 1. The smallest absolute Gasteiger partial charge is 0.118 e. The van der Waals surface area contributed by atoms with Crippen molar-refractivity contribution in [3.8, 4) is 5.75 Å². The second-order valence-electron chi connectivity index (χ2n) is 4.64. The number of nitrogens with zero attached hydrogens (tertiary/aromatic N) is 1. The van der Waals surface area contributed by atoms with Crippen molar-refractivity contribution in [3.05, 3.63) is 29.8 Å². The van der Waals surface area contributed by atoms with Gasteiger partial charge in [-0.2, -0.15) is 0 Å². The van der Waals surface area contributed by atoms with Crippen LogP contribution in [-0.4, -0.2) is 59.0 Å². The normalized spacial score (nSPS) is 10.9. The molecule has 0 unspecified atom stereocenters. The predicted molar refractivity (Wildman–Crippen MR) is 78.9 cm³/mol. The van der Waals surface area contributed by atoms with Gasteiger partial charge in [-0.3, -0.25) is 0 Å². The van der Waals surface area contributed by atoms with Crippen molar-refractivity contribution in [3.63, 3.8) is 0 Å². The van der Waals surface area contributed by atoms with E-state index in [9.17, 15) is 0 Å². The van der Waals surface area contributed by atoms with Crippen LogP contribution in [0.4, 0.5) is 0 Å². The van der Waals surface area contributed by atoms with Crippen LogP contribution in [0.1, 0.15) is 5.56 Å². The van der Waals surface area contributed by atoms with Crippen LogP contribution < -0.4 is 10.1 Å². The maximum absolute atomic E-state index is 5.15. The Labute approximate surface area is 116 Å². The molecule has 0 saturated heterocycles. The first-order valence-corrected chi connectivity index (χ1v) is 6.77. The van der Waals surface area contributed by atoms with Gasteiger partial charge in [0.1, 0.15) is 5.75 Å². The fourth-order valence-corrected chi connectivity index (χ4v) is 1.79. The number of likely N-dealkylation sites (N-methyl/N-ethyl adjacent to an activating group) is 1. The second-order valence-corrected chi connectivity index (χ2v) is 4.64. The van der Waals surface area contributed by atoms with E-state index in [1.165, 1.54) is 5.56 Å². The van der Waals surface area contributed by atoms with Gasteiger partial charge < -0.3 is 19.7 Å². The fraction of sp³-hybridized carbons (Fsp3) is 0.600. The van der Waals surface area contributed by atoms with Crippen LogP contribution in [0, 0.1) is 0 Å². The maximum atomic E-state index is 5.15. The first-order chi connectivity index (χ1) is 9.26. The monoisotopic (exact) mass is 266 g/mol. The highest BCUT2D eigenvalue weighted by Gasteiger charge is 2.00. The van der Waals surface area contributed by atoms with Gasteiger partial charge in [0.25, 0.3) is 0 Å². The van der Waals surface area contributed by atoms with Crippen LogP contribution in [0.25, 0.3) is 0 Å². The van der Waals surface area contributed by atoms with Gasteiger partial charge in [-0.05, 0) is 31.2 Å². The van der Waals surface area contributed by atoms with Crippen LogP contribution >= 0.6 is 0 Å². The molecule has 0 saturated carbocycles. The lowest BCUT2D eigenvalue weighted by atomic mass is 10.1. The molecule has 0 spiro atoms. The molecular weight excluding hydrogens is 240 g/mol. The molecule has 19 heavy (non-hydrogen) atoms. The molecule has 0 heterocycles. The summed E-state index contributed by atoms with van der Waals surface area (Å²) >= 11 is 0. The van der Waals surface area contributed by atoms with E-state index in [2.05, 4.69) is 29.4 Å². The van der Waals surface area contributed by atoms with Crippen molar-refractivity contribution in [1.29, 1.82) is 0 Å². The van der Waals surface area contributed by atoms with Crippen molar-refractivity contribution in [2.75, 3.05) is 54.1 Å². The van der Waals surface area contributed by atoms with Crippen molar-refractivity contribution >= 4 is 0 Å². The predicted octanol–water partition coefficient (Wildman–Crippen LogP) is 1.41. The van der Waals surface area contributed by atoms with Crippen molar-refractivity contribution < 1.29 is 9.47 Å². The lowest BCUT2D eigenvalue weighted by Gasteiger charge is -2.17. The van der Waals surface area contributed by atoms with Gasteiger partial charge in [-0.1, -0.05) is 12.1 Å². The fourth-order valence-electron chi connectivity index (χ4n) is 1.79. The molecule has 0 bridgehead atoms. The summed E-state index contributed by atoms with van der Waals surface area (Å²) in [5.74, 6) is 0.916. The SMILES string of the molecule is COCCNCCN(C)CCc1ccc(OC)cc1. The summed E-state index contributed by atoms with van der Waals surface area (Å²) in [4.78, 5) is 2.34. The van der Waals surface area contributed by atoms with Gasteiger partial charge in [0, 0.05) is 33.3 Å². The van der Waals surface area contributed by atoms with Crippen molar-refractivity contribution in [2.24, 2.45) is 0 Å². The Morgan fingerprint density at radius 1 is 1.05 bits per heavy atom. The summed E-state index contributed by atoms with van der Waals surface area (Å²) in [6.07, 6.45) is 1.07. The van der Waals surface area contributed by atoms with E-state index in [0.717, 1.165) is 45.0 Å². The van der Waals surface area contributed by atoms with Crippen molar-refractivity contribution in [2.45, 2.75) is 6.42 Å². The third kappa shape index (κ3) is 7.15. The van der Waals surface area contributed by atoms with E-state index in [4.69, 9.17) is 9.47 Å². The molecule has 0 amide bonds. The summed E-state index contributed by atoms with van der Waals surface area (Å²) in [6, 6.07) is 8.29. The third-order valence-electron chi connectivity index (χ3n) is 3.09. The first kappa shape index (κ1) is 16.0. The molecule has 1 aromatic rings. The zero-order chi connectivity index (χ0) is 13.9. The Morgan fingerprint density at radius 3 is 2.42 bits per heavy atom. The minimum Gasteiger partial charge on any atom is -0.497 e. The summed E-state index contributed by atoms with van der Waals surface area (Å²) in [6.45, 7) is 4.82. The Kier molecular flexibility index (Phi) is 8.21. The number of benzene rings is 1. The Bertz CT molecular complexity index is 327. The molecule has 4 heteroatoms. The molecule has 1 rings (SSSR count). The van der Waals surface area contributed by atoms with Gasteiger partial charge in [-0.25, -0.2) is 0 Å². The Morgan fingerprint density at radius 2 is 1.79 bits per heavy atom. The van der Waals surface area contributed by atoms with Gasteiger partial charge in [0.15, 0.2) is 0 Å². The van der Waals surface area contributed by atoms with Gasteiger partial charge in [0.2, 0.25) is 0 Å². The first-order valence-electron chi connectivity index (χ1n) is 6.77. The lowest BCUT2D eigenvalue weighted by Crippen LogP contribution is -2.32. The Hall–Kier alpha value is -1.10. The molecule has 1 aromatic carbocycles. The highest BCUT2D eigenvalue weighted by Crippen LogP contribution is 2.11. The number of rotatable bonds is 10. The van der Waals surface area contributed by atoms with Crippen LogP contribution in [0.5, 0.6) is 5.75 Å². The molecule has 0 aromatic heterocycles. The van der Waals surface area contributed by atoms with Crippen LogP contribution in [0.2, 0.25) is 0 Å². The summed E-state index contributed by atoms with van der Waals surface area (Å²) in [5, 5.41) is 3.35. The molecule has 0 radical (unpaired) electrons. The standard InChI is InChI=1S/C15H26N2O2/c1-17(12-9-16-10-13-18-2)11-8-14-4-6-15(19-3)7-5-14/h4-7,16H,8-13H2,1-3H3. The minimum absolute atomic E-state index is 0.773. The zero-order valence-corrected chi connectivity index (χ0v) is 12.3. The van der Waals surface area contributed by atoms with Gasteiger partial charge >= 0.3 is 0 Å². The highest BCUT2D eigenvalue weighted by atomic mass is 16.5. The number of nitrogens with one attached hydrogen (secondary N) is 1. The highest BCUT2D eigenvalue weighted by molar-refractivity contribution is 5.27. The average Bonchev–Trinajstić information content (AvgIpc) is 2.45. The van der Waals surface area contributed by atoms with Crippen LogP contribution in [0.3, 0.4) is 0 Å². The van der Waals surface area contributed by atoms with Crippen LogP contribution in [0.15, 0.2) is 24.3 Å². The van der Waals surface area contributed by atoms with E-state index >= 15 is 0 Å². The summed E-state index contributed by atoms with van der Waals surface area (Å²) in [7, 11) is 5.57. The van der Waals surface area contributed by atoms with E-state index in [1.54, 1.807) is 14.2 Å². The van der Waals surface area contributed by atoms with E-state index in [1.807, 2.05) is 12.1 Å². The number of methoxy groups -OCH3 is 2. The molecule has 0 atom stereocenters. The molecule has 0 aliphatic rings. The zero-order valence-electron chi connectivity index (χ0n) is 12.3. The lowest BCUT2D eigenvalue weighted by molar-refractivity contribution is 0.198. The molecule has 108 valence electrons. The Balaban J connectivity index is 2.13. The molecule has 0 fully saturated rings. The van der Waals surface area contributed by atoms with Gasteiger partial charge in [-0.15, -0.1) is 0 Å². The van der Waals surface area contributed by atoms with E-state index < -0.39 is 0 Å². The van der Waals surface area contributed by atoms with Gasteiger partial charge in [0.05, 0.1) is 13.7 Å².